The van der Waals surface area contributed by atoms with Gasteiger partial charge in [-0.2, -0.15) is 0 Å². The standard InChI is InChI=1S/C20H19BrN2O2/c1-11-4-5-12(2)16(8-11)13(3)23-20(24)17-10-14-9-15(21)6-7-18(14)25-19(17)22/h4-10,13,22H,1-3H3,(H,23,24). The Morgan fingerprint density at radius 1 is 1.16 bits per heavy atom. The average molecular weight is 399 g/mol. The van der Waals surface area contributed by atoms with E-state index >= 15 is 0 Å². The number of carbonyl (C=O) groups excluding carboxylic acids is 1. The van der Waals surface area contributed by atoms with Crippen LogP contribution in [0, 0.1) is 19.3 Å². The summed E-state index contributed by atoms with van der Waals surface area (Å²) in [5, 5.41) is 11.8. The number of hydrogen-bond acceptors (Lipinski definition) is 3. The zero-order chi connectivity index (χ0) is 18.1. The molecule has 4 nitrogen and oxygen atoms in total. The summed E-state index contributed by atoms with van der Waals surface area (Å²) in [5.74, 6) is -0.316. The van der Waals surface area contributed by atoms with Crippen molar-refractivity contribution in [2.45, 2.75) is 26.8 Å². The van der Waals surface area contributed by atoms with Gasteiger partial charge in [0.1, 0.15) is 11.1 Å². The number of amides is 1. The highest BCUT2D eigenvalue weighted by atomic mass is 79.9. The fraction of sp³-hybridized carbons (Fsp3) is 0.200. The summed E-state index contributed by atoms with van der Waals surface area (Å²) >= 11 is 3.41. The average Bonchev–Trinajstić information content (AvgIpc) is 2.56. The maximum Gasteiger partial charge on any atom is 0.257 e. The van der Waals surface area contributed by atoms with Gasteiger partial charge < -0.3 is 9.73 Å². The zero-order valence-corrected chi connectivity index (χ0v) is 15.9. The molecule has 128 valence electrons. The van der Waals surface area contributed by atoms with Gasteiger partial charge >= 0.3 is 0 Å². The van der Waals surface area contributed by atoms with E-state index in [2.05, 4.69) is 33.4 Å². The first-order valence-corrected chi connectivity index (χ1v) is 8.80. The molecule has 0 fully saturated rings. The molecule has 5 heteroatoms. The third-order valence-corrected chi connectivity index (χ3v) is 4.72. The lowest BCUT2D eigenvalue weighted by molar-refractivity contribution is 0.0935. The Morgan fingerprint density at radius 2 is 1.92 bits per heavy atom. The fourth-order valence-electron chi connectivity index (χ4n) is 2.86. The second-order valence-electron chi connectivity index (χ2n) is 6.23. The topological polar surface area (TPSA) is 66.1 Å². The summed E-state index contributed by atoms with van der Waals surface area (Å²) < 4.78 is 6.38. The number of hydrogen-bond donors (Lipinski definition) is 2. The van der Waals surface area contributed by atoms with E-state index in [4.69, 9.17) is 9.83 Å². The molecule has 0 bridgehead atoms. The van der Waals surface area contributed by atoms with Crippen LogP contribution in [-0.2, 0) is 0 Å². The van der Waals surface area contributed by atoms with Gasteiger partial charge in [-0.15, -0.1) is 0 Å². The van der Waals surface area contributed by atoms with Crippen LogP contribution in [0.25, 0.3) is 11.0 Å². The van der Waals surface area contributed by atoms with Gasteiger partial charge in [-0.1, -0.05) is 39.7 Å². The lowest BCUT2D eigenvalue weighted by atomic mass is 10.00. The predicted octanol–water partition coefficient (Wildman–Crippen LogP) is 4.78. The van der Waals surface area contributed by atoms with E-state index in [-0.39, 0.29) is 23.1 Å². The van der Waals surface area contributed by atoms with Crippen LogP contribution in [0.2, 0.25) is 0 Å². The first-order chi connectivity index (χ1) is 11.8. The lowest BCUT2D eigenvalue weighted by Gasteiger charge is -2.17. The van der Waals surface area contributed by atoms with Gasteiger partial charge in [0, 0.05) is 9.86 Å². The smallest absolute Gasteiger partial charge is 0.257 e. The number of carbonyl (C=O) groups is 1. The number of rotatable bonds is 3. The van der Waals surface area contributed by atoms with Crippen molar-refractivity contribution in [1.29, 1.82) is 5.41 Å². The van der Waals surface area contributed by atoms with Crippen molar-refractivity contribution in [3.8, 4) is 0 Å². The summed E-state index contributed by atoms with van der Waals surface area (Å²) in [6, 6.07) is 13.2. The van der Waals surface area contributed by atoms with Gasteiger partial charge in [-0.05, 0) is 56.2 Å². The molecular formula is C20H19BrN2O2. The van der Waals surface area contributed by atoms with Crippen molar-refractivity contribution >= 4 is 32.8 Å². The van der Waals surface area contributed by atoms with E-state index in [9.17, 15) is 4.79 Å². The molecule has 0 saturated heterocycles. The number of halogens is 1. The summed E-state index contributed by atoms with van der Waals surface area (Å²) in [6.07, 6.45) is 0. The SMILES string of the molecule is Cc1ccc(C)c(C(C)NC(=O)c2cc3cc(Br)ccc3oc2=N)c1. The molecular weight excluding hydrogens is 380 g/mol. The highest BCUT2D eigenvalue weighted by Crippen LogP contribution is 2.21. The molecule has 1 aromatic heterocycles. The largest absolute Gasteiger partial charge is 0.438 e. The van der Waals surface area contributed by atoms with Crippen molar-refractivity contribution in [3.63, 3.8) is 0 Å². The number of benzene rings is 2. The molecule has 1 atom stereocenters. The predicted molar refractivity (Wildman–Crippen MR) is 102 cm³/mol. The lowest BCUT2D eigenvalue weighted by Crippen LogP contribution is -2.31. The third-order valence-electron chi connectivity index (χ3n) is 4.22. The zero-order valence-electron chi connectivity index (χ0n) is 14.3. The molecule has 0 saturated carbocycles. The van der Waals surface area contributed by atoms with E-state index < -0.39 is 0 Å². The Kier molecular flexibility index (Phi) is 4.77. The second-order valence-corrected chi connectivity index (χ2v) is 7.14. The van der Waals surface area contributed by atoms with Gasteiger partial charge in [0.15, 0.2) is 0 Å². The third kappa shape index (κ3) is 3.66. The van der Waals surface area contributed by atoms with Gasteiger partial charge in [-0.3, -0.25) is 10.2 Å². The van der Waals surface area contributed by atoms with Crippen molar-refractivity contribution in [1.82, 2.24) is 5.32 Å². The molecule has 0 aliphatic carbocycles. The van der Waals surface area contributed by atoms with Crippen LogP contribution in [0.5, 0.6) is 0 Å². The van der Waals surface area contributed by atoms with Gasteiger partial charge in [-0.25, -0.2) is 0 Å². The molecule has 0 aliphatic rings. The normalized spacial score (nSPS) is 12.2. The molecule has 1 heterocycles. The van der Waals surface area contributed by atoms with Crippen LogP contribution < -0.4 is 10.9 Å². The van der Waals surface area contributed by atoms with E-state index in [1.165, 1.54) is 0 Å². The number of nitrogens with one attached hydrogen (secondary N) is 2. The summed E-state index contributed by atoms with van der Waals surface area (Å²) in [5.41, 5.74) is 4.00. The van der Waals surface area contributed by atoms with Crippen LogP contribution >= 0.6 is 15.9 Å². The molecule has 0 radical (unpaired) electrons. The van der Waals surface area contributed by atoms with Crippen LogP contribution in [0.15, 0.2) is 51.4 Å². The minimum Gasteiger partial charge on any atom is -0.438 e. The van der Waals surface area contributed by atoms with E-state index in [0.29, 0.717) is 5.58 Å². The molecule has 0 spiro atoms. The maximum absolute atomic E-state index is 12.7. The molecule has 0 aliphatic heterocycles. The minimum absolute atomic E-state index is 0.138. The molecule has 1 unspecified atom stereocenters. The maximum atomic E-state index is 12.7. The number of fused-ring (bicyclic) bond motifs is 1. The van der Waals surface area contributed by atoms with Crippen molar-refractivity contribution in [2.75, 3.05) is 0 Å². The van der Waals surface area contributed by atoms with E-state index in [0.717, 1.165) is 26.5 Å². The molecule has 3 aromatic rings. The van der Waals surface area contributed by atoms with E-state index in [1.54, 1.807) is 12.1 Å². The van der Waals surface area contributed by atoms with Gasteiger partial charge in [0.2, 0.25) is 5.55 Å². The Balaban J connectivity index is 1.93. The first-order valence-electron chi connectivity index (χ1n) is 8.01. The highest BCUT2D eigenvalue weighted by molar-refractivity contribution is 9.10. The fourth-order valence-corrected chi connectivity index (χ4v) is 3.24. The summed E-state index contributed by atoms with van der Waals surface area (Å²) in [7, 11) is 0. The molecule has 2 N–H and O–H groups in total. The molecule has 2 aromatic carbocycles. The second kappa shape index (κ2) is 6.84. The van der Waals surface area contributed by atoms with Gasteiger partial charge in [0.05, 0.1) is 6.04 Å². The Morgan fingerprint density at radius 3 is 2.68 bits per heavy atom. The summed E-state index contributed by atoms with van der Waals surface area (Å²) in [6.45, 7) is 5.99. The molecule has 3 rings (SSSR count). The monoisotopic (exact) mass is 398 g/mol. The van der Waals surface area contributed by atoms with Crippen LogP contribution in [-0.4, -0.2) is 5.91 Å². The first kappa shape index (κ1) is 17.4. The molecule has 25 heavy (non-hydrogen) atoms. The Hall–Kier alpha value is -2.40. The quantitative estimate of drug-likeness (QED) is 0.666. The van der Waals surface area contributed by atoms with Gasteiger partial charge in [0.25, 0.3) is 5.91 Å². The van der Waals surface area contributed by atoms with Crippen LogP contribution in [0.4, 0.5) is 0 Å². The molecule has 1 amide bonds. The minimum atomic E-state index is -0.316. The van der Waals surface area contributed by atoms with Crippen LogP contribution in [0.1, 0.15) is 40.0 Å². The van der Waals surface area contributed by atoms with Crippen molar-refractivity contribution < 1.29 is 9.21 Å². The Bertz CT molecular complexity index is 1020. The summed E-state index contributed by atoms with van der Waals surface area (Å²) in [4.78, 5) is 12.7. The highest BCUT2D eigenvalue weighted by Gasteiger charge is 2.16. The van der Waals surface area contributed by atoms with Crippen molar-refractivity contribution in [2.24, 2.45) is 0 Å². The van der Waals surface area contributed by atoms with E-state index in [1.807, 2.05) is 39.0 Å². The Labute approximate surface area is 154 Å². The van der Waals surface area contributed by atoms with Crippen molar-refractivity contribution in [3.05, 3.63) is 74.7 Å². The van der Waals surface area contributed by atoms with Crippen LogP contribution in [0.3, 0.4) is 0 Å². The number of aryl methyl sites for hydroxylation is 2.